The van der Waals surface area contributed by atoms with Crippen LogP contribution in [0.1, 0.15) is 39.2 Å². The van der Waals surface area contributed by atoms with Gasteiger partial charge in [0.15, 0.2) is 0 Å². The molecule has 0 aliphatic rings. The second kappa shape index (κ2) is 13.1. The molecule has 1 rings (SSSR count). The van der Waals surface area contributed by atoms with Crippen LogP contribution < -0.4 is 21.7 Å². The van der Waals surface area contributed by atoms with Gasteiger partial charge in [-0.3, -0.25) is 24.0 Å². The van der Waals surface area contributed by atoms with Crippen LogP contribution in [-0.4, -0.2) is 69.1 Å². The van der Waals surface area contributed by atoms with Gasteiger partial charge in [0, 0.05) is 6.42 Å². The number of nitrogens with two attached hydrogens (primary N) is 1. The monoisotopic (exact) mass is 480 g/mol. The fourth-order valence-corrected chi connectivity index (χ4v) is 2.99. The second-order valence-electron chi connectivity index (χ2n) is 8.40. The molecule has 0 saturated carbocycles. The first-order chi connectivity index (χ1) is 15.8. The minimum atomic E-state index is -1.37. The van der Waals surface area contributed by atoms with Gasteiger partial charge < -0.3 is 37.0 Å². The molecule has 0 aliphatic carbocycles. The maximum absolute atomic E-state index is 13.0. The lowest BCUT2D eigenvalue weighted by molar-refractivity contribution is -0.141. The zero-order valence-corrected chi connectivity index (χ0v) is 19.3. The van der Waals surface area contributed by atoms with Crippen molar-refractivity contribution in [2.75, 3.05) is 0 Å². The number of rotatable bonds is 13. The number of hydrogen-bond acceptors (Lipinski definition) is 7. The highest BCUT2D eigenvalue weighted by Crippen LogP contribution is 2.12. The summed E-state index contributed by atoms with van der Waals surface area (Å²) in [7, 11) is 0. The number of carboxylic acids is 2. The van der Waals surface area contributed by atoms with Gasteiger partial charge >= 0.3 is 11.9 Å². The highest BCUT2D eigenvalue weighted by molar-refractivity contribution is 5.94. The molecule has 4 atom stereocenters. The van der Waals surface area contributed by atoms with Crippen LogP contribution in [0.15, 0.2) is 24.3 Å². The molecule has 3 amide bonds. The number of nitrogens with one attached hydrogen (secondary N) is 3. The summed E-state index contributed by atoms with van der Waals surface area (Å²) in [5, 5.41) is 34.6. The smallest absolute Gasteiger partial charge is 0.325 e. The zero-order chi connectivity index (χ0) is 26.0. The number of hydrogen-bond donors (Lipinski definition) is 7. The molecule has 0 heterocycles. The summed E-state index contributed by atoms with van der Waals surface area (Å²) >= 11 is 0. The molecule has 0 aliphatic heterocycles. The minimum Gasteiger partial charge on any atom is -0.508 e. The zero-order valence-electron chi connectivity index (χ0n) is 19.3. The number of aromatic hydroxyl groups is 1. The molecule has 0 spiro atoms. The van der Waals surface area contributed by atoms with Gasteiger partial charge in [0.2, 0.25) is 17.7 Å². The van der Waals surface area contributed by atoms with Crippen molar-refractivity contribution in [3.8, 4) is 5.75 Å². The Kier molecular flexibility index (Phi) is 11.0. The van der Waals surface area contributed by atoms with Crippen molar-refractivity contribution >= 4 is 29.7 Å². The van der Waals surface area contributed by atoms with Crippen LogP contribution in [0.5, 0.6) is 5.75 Å². The van der Waals surface area contributed by atoms with Crippen molar-refractivity contribution in [3.05, 3.63) is 29.8 Å². The van der Waals surface area contributed by atoms with Crippen molar-refractivity contribution in [3.63, 3.8) is 0 Å². The number of carbonyl (C=O) groups is 5. The number of carboxylic acid groups (broad SMARTS) is 2. The van der Waals surface area contributed by atoms with Crippen LogP contribution in [0.3, 0.4) is 0 Å². The van der Waals surface area contributed by atoms with Gasteiger partial charge in [-0.1, -0.05) is 26.0 Å². The lowest BCUT2D eigenvalue weighted by Gasteiger charge is -2.25. The lowest BCUT2D eigenvalue weighted by Crippen LogP contribution is -2.57. The average Bonchev–Trinajstić information content (AvgIpc) is 2.73. The van der Waals surface area contributed by atoms with E-state index in [1.165, 1.54) is 19.1 Å². The van der Waals surface area contributed by atoms with Crippen LogP contribution in [0, 0.1) is 5.92 Å². The Labute approximate surface area is 196 Å². The van der Waals surface area contributed by atoms with E-state index in [1.54, 1.807) is 26.0 Å². The van der Waals surface area contributed by atoms with Crippen LogP contribution in [-0.2, 0) is 30.4 Å². The summed E-state index contributed by atoms with van der Waals surface area (Å²) in [5.41, 5.74) is 6.16. The SMILES string of the molecule is CC(C)CC(NC(=O)C(N)CC(=O)O)C(=O)NC(Cc1ccc(O)cc1)C(=O)NC(C)C(=O)O. The quantitative estimate of drug-likeness (QED) is 0.191. The Hall–Kier alpha value is -3.67. The second-order valence-corrected chi connectivity index (χ2v) is 8.40. The molecule has 0 aromatic heterocycles. The molecule has 8 N–H and O–H groups in total. The first-order valence-corrected chi connectivity index (χ1v) is 10.7. The molecule has 188 valence electrons. The third-order valence-corrected chi connectivity index (χ3v) is 4.81. The molecule has 0 fully saturated rings. The summed E-state index contributed by atoms with van der Waals surface area (Å²) in [4.78, 5) is 60.0. The minimum absolute atomic E-state index is 0.00527. The summed E-state index contributed by atoms with van der Waals surface area (Å²) in [6.45, 7) is 4.88. The number of phenolic OH excluding ortho intramolecular Hbond substituents is 1. The molecule has 1 aromatic rings. The van der Waals surface area contributed by atoms with Gasteiger partial charge in [-0.15, -0.1) is 0 Å². The topological polar surface area (TPSA) is 208 Å². The summed E-state index contributed by atoms with van der Waals surface area (Å²) in [5.74, 6) is -4.89. The fourth-order valence-electron chi connectivity index (χ4n) is 2.99. The van der Waals surface area contributed by atoms with Gasteiger partial charge in [0.25, 0.3) is 0 Å². The molecule has 34 heavy (non-hydrogen) atoms. The predicted octanol–water partition coefficient (Wildman–Crippen LogP) is -0.658. The molecule has 1 aromatic carbocycles. The average molecular weight is 481 g/mol. The van der Waals surface area contributed by atoms with Crippen LogP contribution in [0.25, 0.3) is 0 Å². The predicted molar refractivity (Wildman–Crippen MR) is 121 cm³/mol. The van der Waals surface area contributed by atoms with Gasteiger partial charge in [0.1, 0.15) is 23.9 Å². The summed E-state index contributed by atoms with van der Waals surface area (Å²) in [6.07, 6.45) is -0.470. The molecule has 4 unspecified atom stereocenters. The lowest BCUT2D eigenvalue weighted by atomic mass is 10.0. The fraction of sp³-hybridized carbons (Fsp3) is 0.500. The standard InChI is InChI=1S/C22H32N4O8/c1-11(2)8-16(25-19(30)15(23)10-18(28)29)21(32)26-17(20(31)24-12(3)22(33)34)9-13-4-6-14(27)7-5-13/h4-7,11-12,15-17,27H,8-10,23H2,1-3H3,(H,24,31)(H,25,30)(H,26,32)(H,28,29)(H,33,34). The largest absolute Gasteiger partial charge is 0.508 e. The van der Waals surface area contributed by atoms with Gasteiger partial charge in [0.05, 0.1) is 12.5 Å². The number of phenols is 1. The van der Waals surface area contributed by atoms with E-state index >= 15 is 0 Å². The number of carbonyl (C=O) groups excluding carboxylic acids is 3. The Morgan fingerprint density at radius 2 is 1.38 bits per heavy atom. The molecule has 0 saturated heterocycles. The van der Waals surface area contributed by atoms with E-state index in [1.807, 2.05) is 0 Å². The molecule has 0 bridgehead atoms. The van der Waals surface area contributed by atoms with E-state index in [-0.39, 0.29) is 24.5 Å². The van der Waals surface area contributed by atoms with Crippen LogP contribution >= 0.6 is 0 Å². The highest BCUT2D eigenvalue weighted by atomic mass is 16.4. The van der Waals surface area contributed by atoms with E-state index in [0.717, 1.165) is 0 Å². The maximum atomic E-state index is 13.0. The van der Waals surface area contributed by atoms with Gasteiger partial charge in [-0.25, -0.2) is 0 Å². The van der Waals surface area contributed by atoms with Gasteiger partial charge in [-0.05, 0) is 37.0 Å². The Morgan fingerprint density at radius 1 is 0.853 bits per heavy atom. The first-order valence-electron chi connectivity index (χ1n) is 10.7. The molecular formula is C22H32N4O8. The molecule has 12 nitrogen and oxygen atoms in total. The first kappa shape index (κ1) is 28.4. The maximum Gasteiger partial charge on any atom is 0.325 e. The number of amides is 3. The van der Waals surface area contributed by atoms with E-state index < -0.39 is 60.2 Å². The normalized spacial score (nSPS) is 14.4. The van der Waals surface area contributed by atoms with E-state index in [9.17, 15) is 29.1 Å². The van der Waals surface area contributed by atoms with E-state index in [2.05, 4.69) is 16.0 Å². The molecule has 12 heteroatoms. The third-order valence-electron chi connectivity index (χ3n) is 4.81. The van der Waals surface area contributed by atoms with E-state index in [4.69, 9.17) is 15.9 Å². The summed E-state index contributed by atoms with van der Waals surface area (Å²) < 4.78 is 0. The van der Waals surface area contributed by atoms with Crippen molar-refractivity contribution in [1.82, 2.24) is 16.0 Å². The number of benzene rings is 1. The highest BCUT2D eigenvalue weighted by Gasteiger charge is 2.30. The van der Waals surface area contributed by atoms with Crippen molar-refractivity contribution in [1.29, 1.82) is 0 Å². The molecule has 0 radical (unpaired) electrons. The number of aliphatic carboxylic acids is 2. The Bertz CT molecular complexity index is 887. The molecular weight excluding hydrogens is 448 g/mol. The Balaban J connectivity index is 3.08. The van der Waals surface area contributed by atoms with Crippen LogP contribution in [0.4, 0.5) is 0 Å². The van der Waals surface area contributed by atoms with Gasteiger partial charge in [-0.2, -0.15) is 0 Å². The van der Waals surface area contributed by atoms with Crippen LogP contribution in [0.2, 0.25) is 0 Å². The third kappa shape index (κ3) is 9.86. The van der Waals surface area contributed by atoms with Crippen molar-refractivity contribution in [2.24, 2.45) is 11.7 Å². The van der Waals surface area contributed by atoms with Crippen molar-refractivity contribution in [2.45, 2.75) is 64.2 Å². The Morgan fingerprint density at radius 3 is 1.88 bits per heavy atom. The van der Waals surface area contributed by atoms with E-state index in [0.29, 0.717) is 5.56 Å². The summed E-state index contributed by atoms with van der Waals surface area (Å²) in [6, 6.07) is 0.994. The van der Waals surface area contributed by atoms with Crippen molar-refractivity contribution < 1.29 is 39.3 Å².